The summed E-state index contributed by atoms with van der Waals surface area (Å²) in [7, 11) is -0.314. The third kappa shape index (κ3) is 6.63. The number of hydrazine groups is 1. The van der Waals surface area contributed by atoms with Crippen molar-refractivity contribution in [3.05, 3.63) is 154 Å². The quantitative estimate of drug-likeness (QED) is 0.0727. The van der Waals surface area contributed by atoms with Gasteiger partial charge in [0.15, 0.2) is 0 Å². The van der Waals surface area contributed by atoms with E-state index in [2.05, 4.69) is 5.43 Å². The number of halogens is 2. The zero-order chi connectivity index (χ0) is 42.7. The Balaban J connectivity index is 1.21. The smallest absolute Gasteiger partial charge is 0.488 e. The highest BCUT2D eigenvalue weighted by atomic mass is 35.5. The number of hydrogen-bond donors (Lipinski definition) is 4. The second kappa shape index (κ2) is 15.7. The van der Waals surface area contributed by atoms with Gasteiger partial charge < -0.3 is 24.6 Å². The summed E-state index contributed by atoms with van der Waals surface area (Å²) in [4.78, 5) is 60.8. The molecule has 2 heterocycles. The number of phenolic OH excluding ortho intramolecular Hbond substituents is 1. The number of nitrogens with zero attached hydrogens (tertiary/aromatic N) is 2. The first-order valence-corrected chi connectivity index (χ1v) is 20.5. The topological polar surface area (TPSA) is 166 Å². The van der Waals surface area contributed by atoms with Crippen LogP contribution in [0.4, 0.5) is 11.4 Å². The monoisotopic (exact) mass is 857 g/mol. The van der Waals surface area contributed by atoms with Gasteiger partial charge in [-0.2, -0.15) is 5.01 Å². The molecule has 0 spiro atoms. The van der Waals surface area contributed by atoms with Crippen LogP contribution in [0.25, 0.3) is 0 Å². The lowest BCUT2D eigenvalue weighted by Crippen LogP contribution is -2.53. The van der Waals surface area contributed by atoms with Gasteiger partial charge in [0.2, 0.25) is 11.8 Å². The van der Waals surface area contributed by atoms with Crippen molar-refractivity contribution in [2.24, 2.45) is 23.7 Å². The molecule has 2 aliphatic heterocycles. The van der Waals surface area contributed by atoms with E-state index in [-0.39, 0.29) is 47.1 Å². The number of imide groups is 2. The van der Waals surface area contributed by atoms with Gasteiger partial charge >= 0.3 is 7.12 Å². The average molecular weight is 859 g/mol. The van der Waals surface area contributed by atoms with Crippen LogP contribution in [0.3, 0.4) is 0 Å². The normalized spacial score (nSPS) is 24.2. The number of rotatable bonds is 10. The molecule has 0 radical (unpaired) electrons. The summed E-state index contributed by atoms with van der Waals surface area (Å²) < 4.78 is 11.6. The molecule has 15 heteroatoms. The van der Waals surface area contributed by atoms with Gasteiger partial charge in [-0.3, -0.25) is 29.5 Å². The van der Waals surface area contributed by atoms with Crippen molar-refractivity contribution in [2.45, 2.75) is 30.8 Å². The minimum absolute atomic E-state index is 0.00603. The van der Waals surface area contributed by atoms with E-state index in [1.54, 1.807) is 54.6 Å². The summed E-state index contributed by atoms with van der Waals surface area (Å²) in [6, 6.07) is 31.8. The van der Waals surface area contributed by atoms with Gasteiger partial charge in [-0.05, 0) is 83.9 Å². The molecule has 6 atom stereocenters. The summed E-state index contributed by atoms with van der Waals surface area (Å²) in [6.07, 6.45) is 2.00. The largest absolute Gasteiger partial charge is 0.508 e. The van der Waals surface area contributed by atoms with Crippen LogP contribution in [0.2, 0.25) is 10.0 Å². The Morgan fingerprint density at radius 1 is 0.820 bits per heavy atom. The van der Waals surface area contributed by atoms with Crippen molar-refractivity contribution < 1.29 is 43.8 Å². The van der Waals surface area contributed by atoms with Crippen molar-refractivity contribution in [1.82, 2.24) is 5.01 Å². The first-order valence-electron chi connectivity index (χ1n) is 19.7. The molecule has 4 amide bonds. The molecule has 9 rings (SSSR count). The third-order valence-corrected chi connectivity index (χ3v) is 13.1. The number of carbonyl (C=O) groups excluding carboxylic acids is 4. The van der Waals surface area contributed by atoms with Crippen LogP contribution in [0, 0.1) is 23.7 Å². The SMILES string of the molecule is COc1ccc(C23C(=O)N(Nc4ccc(Cl)cc4Cl)C(=O)C2CC2C(=CCC4C(=O)N(c5cccc(B(O)O)c5)C(=O)C42)C3c2ccc(OCc3ccccc3)cc2O)cc1. The zero-order valence-corrected chi connectivity index (χ0v) is 34.1. The molecule has 1 saturated carbocycles. The van der Waals surface area contributed by atoms with Crippen LogP contribution in [-0.2, 0) is 31.2 Å². The standard InChI is InChI=1S/C46H38BCl2N3O9/c1-60-30-13-10-26(11-14-30)46-36(43(55)52(45(46)57)50-38-19-12-28(48)21-37(38)49)23-35-32(41(46)33-16-15-31(22-39(33)53)61-24-25-6-3-2-4-7-25)17-18-34-40(35)44(56)51(42(34)54)29-9-5-8-27(20-29)47(58)59/h2-17,19-22,34-36,40-41,50,53,58-59H,18,23-24H2,1H3. The Labute approximate surface area is 361 Å². The summed E-state index contributed by atoms with van der Waals surface area (Å²) >= 11 is 12.8. The first kappa shape index (κ1) is 40.3. The maximum atomic E-state index is 15.6. The molecule has 2 saturated heterocycles. The van der Waals surface area contributed by atoms with Gasteiger partial charge in [0.05, 0.1) is 46.7 Å². The van der Waals surface area contributed by atoms with Crippen molar-refractivity contribution in [2.75, 3.05) is 17.4 Å². The predicted molar refractivity (Wildman–Crippen MR) is 228 cm³/mol. The van der Waals surface area contributed by atoms with Gasteiger partial charge in [-0.1, -0.05) is 95.5 Å². The van der Waals surface area contributed by atoms with Crippen molar-refractivity contribution >= 4 is 70.8 Å². The molecule has 4 aliphatic rings. The van der Waals surface area contributed by atoms with Gasteiger partial charge in [-0.25, -0.2) is 0 Å². The number of nitrogens with one attached hydrogen (secondary N) is 1. The van der Waals surface area contributed by atoms with Crippen LogP contribution in [0.15, 0.2) is 127 Å². The summed E-state index contributed by atoms with van der Waals surface area (Å²) in [5.74, 6) is -6.19. The predicted octanol–water partition coefficient (Wildman–Crippen LogP) is 6.16. The summed E-state index contributed by atoms with van der Waals surface area (Å²) in [6.45, 7) is 0.227. The second-order valence-electron chi connectivity index (χ2n) is 15.7. The molecule has 4 N–H and O–H groups in total. The number of benzene rings is 5. The molecule has 3 fully saturated rings. The summed E-state index contributed by atoms with van der Waals surface area (Å²) in [5.41, 5.74) is 4.11. The van der Waals surface area contributed by atoms with Gasteiger partial charge in [0, 0.05) is 22.6 Å². The van der Waals surface area contributed by atoms with Crippen LogP contribution >= 0.6 is 23.2 Å². The van der Waals surface area contributed by atoms with Crippen LogP contribution in [0.5, 0.6) is 17.2 Å². The Bertz CT molecular complexity index is 2630. The Morgan fingerprint density at radius 3 is 2.28 bits per heavy atom. The molecule has 0 bridgehead atoms. The zero-order valence-electron chi connectivity index (χ0n) is 32.6. The number of phenols is 1. The molecule has 5 aromatic rings. The van der Waals surface area contributed by atoms with E-state index in [9.17, 15) is 24.7 Å². The van der Waals surface area contributed by atoms with E-state index >= 15 is 9.59 Å². The van der Waals surface area contributed by atoms with Crippen molar-refractivity contribution in [1.29, 1.82) is 0 Å². The van der Waals surface area contributed by atoms with Crippen LogP contribution in [-0.4, -0.2) is 58.0 Å². The van der Waals surface area contributed by atoms with Crippen LogP contribution in [0.1, 0.15) is 35.4 Å². The highest BCUT2D eigenvalue weighted by molar-refractivity contribution is 6.58. The van der Waals surface area contributed by atoms with E-state index in [4.69, 9.17) is 32.7 Å². The lowest BCUT2D eigenvalue weighted by atomic mass is 9.49. The average Bonchev–Trinajstić information content (AvgIpc) is 3.64. The van der Waals surface area contributed by atoms with Gasteiger partial charge in [-0.15, -0.1) is 0 Å². The minimum Gasteiger partial charge on any atom is -0.508 e. The highest BCUT2D eigenvalue weighted by Crippen LogP contribution is 2.65. The first-order chi connectivity index (χ1) is 29.4. The fourth-order valence-electron chi connectivity index (χ4n) is 9.87. The number of carbonyl (C=O) groups is 4. The van der Waals surface area contributed by atoms with Crippen molar-refractivity contribution in [3.8, 4) is 17.2 Å². The Kier molecular flexibility index (Phi) is 10.4. The number of ether oxygens (including phenoxy) is 2. The summed E-state index contributed by atoms with van der Waals surface area (Å²) in [5, 5.41) is 33.4. The fraction of sp³-hybridized carbons (Fsp3) is 0.217. The third-order valence-electron chi connectivity index (χ3n) is 12.6. The van der Waals surface area contributed by atoms with E-state index in [0.29, 0.717) is 33.2 Å². The Hall–Kier alpha value is -6.12. The molecule has 61 heavy (non-hydrogen) atoms. The van der Waals surface area contributed by atoms with Crippen LogP contribution < -0.4 is 25.3 Å². The fourth-order valence-corrected chi connectivity index (χ4v) is 10.3. The minimum atomic E-state index is -1.83. The van der Waals surface area contributed by atoms with E-state index in [1.807, 2.05) is 36.4 Å². The molecule has 12 nitrogen and oxygen atoms in total. The lowest BCUT2D eigenvalue weighted by Gasteiger charge is -2.50. The van der Waals surface area contributed by atoms with Gasteiger partial charge in [0.1, 0.15) is 23.9 Å². The number of methoxy groups -OCH3 is 1. The molecule has 2 aliphatic carbocycles. The maximum Gasteiger partial charge on any atom is 0.488 e. The number of allylic oxidation sites excluding steroid dienone is 2. The van der Waals surface area contributed by atoms with E-state index in [0.717, 1.165) is 15.5 Å². The molecular formula is C46H38BCl2N3O9. The Morgan fingerprint density at radius 2 is 1.57 bits per heavy atom. The number of fused-ring (bicyclic) bond motifs is 4. The molecule has 308 valence electrons. The van der Waals surface area contributed by atoms with Crippen molar-refractivity contribution in [3.63, 3.8) is 0 Å². The number of hydrogen-bond acceptors (Lipinski definition) is 10. The molecule has 5 aromatic carbocycles. The number of amides is 4. The second-order valence-corrected chi connectivity index (χ2v) is 16.5. The molecule has 0 aromatic heterocycles. The maximum absolute atomic E-state index is 15.6. The lowest BCUT2D eigenvalue weighted by molar-refractivity contribution is -0.138. The van der Waals surface area contributed by atoms with E-state index in [1.165, 1.54) is 37.4 Å². The number of anilines is 2. The number of aromatic hydroxyl groups is 1. The molecule has 6 unspecified atom stereocenters. The molecular weight excluding hydrogens is 820 g/mol. The van der Waals surface area contributed by atoms with Gasteiger partial charge in [0.25, 0.3) is 11.8 Å². The van der Waals surface area contributed by atoms with E-state index < -0.39 is 65.8 Å². The highest BCUT2D eigenvalue weighted by Gasteiger charge is 2.70.